The Hall–Kier alpha value is 0.920. The van der Waals surface area contributed by atoms with E-state index in [1.807, 2.05) is 0 Å². The Morgan fingerprint density at radius 3 is 2.20 bits per heavy atom. The molecule has 1 atom stereocenters. The Morgan fingerprint density at radius 1 is 1.27 bits per heavy atom. The number of terminal acetylenes is 1. The molecule has 15 heavy (non-hydrogen) atoms. The van der Waals surface area contributed by atoms with Gasteiger partial charge in [0.2, 0.25) is 0 Å². The van der Waals surface area contributed by atoms with Gasteiger partial charge in [-0.25, -0.2) is 0 Å². The van der Waals surface area contributed by atoms with E-state index in [1.165, 1.54) is 6.42 Å². The second kappa shape index (κ2) is 5.50. The largest absolute Gasteiger partial charge is 0.365 e. The van der Waals surface area contributed by atoms with Crippen molar-refractivity contribution in [2.45, 2.75) is 46.1 Å². The third-order valence-corrected chi connectivity index (χ3v) is 3.72. The molecule has 0 bridgehead atoms. The van der Waals surface area contributed by atoms with Crippen LogP contribution < -0.4 is 0 Å². The fourth-order valence-corrected chi connectivity index (χ4v) is 1.98. The van der Waals surface area contributed by atoms with Gasteiger partial charge in [-0.3, -0.25) is 0 Å². The summed E-state index contributed by atoms with van der Waals surface area (Å²) in [7, 11) is 0. The van der Waals surface area contributed by atoms with Gasteiger partial charge in [-0.05, 0) is 25.7 Å². The van der Waals surface area contributed by atoms with Crippen LogP contribution in [0.15, 0.2) is 0 Å². The van der Waals surface area contributed by atoms with Gasteiger partial charge in [0, 0.05) is 0 Å². The second-order valence-corrected chi connectivity index (χ2v) is 10.7. The van der Waals surface area contributed by atoms with Crippen LogP contribution in [0.3, 0.4) is 0 Å². The number of hydrogen-bond acceptors (Lipinski definition) is 2. The molecule has 0 aliphatic heterocycles. The van der Waals surface area contributed by atoms with Crippen molar-refractivity contribution in [2.24, 2.45) is 0 Å². The van der Waals surface area contributed by atoms with Gasteiger partial charge < -0.3 is 9.84 Å². The number of ether oxygens (including phenoxy) is 1. The predicted octanol–water partition coefficient (Wildman–Crippen LogP) is 3.50. The van der Waals surface area contributed by atoms with E-state index in [0.29, 0.717) is 0 Å². The summed E-state index contributed by atoms with van der Waals surface area (Å²) in [5.41, 5.74) is -0.613. The Morgan fingerprint density at radius 2 is 1.80 bits per heavy atom. The standard InChI is InChI=1S/C10H13Br3O2/c1-2-9(6-4-3-5-7-9)15-8(14)10(11,12)13/h1,8,14H,3-7H2. The van der Waals surface area contributed by atoms with Crippen molar-refractivity contribution >= 4 is 47.8 Å². The van der Waals surface area contributed by atoms with Gasteiger partial charge in [-0.15, -0.1) is 6.42 Å². The van der Waals surface area contributed by atoms with Crippen molar-refractivity contribution in [2.75, 3.05) is 0 Å². The van der Waals surface area contributed by atoms with E-state index < -0.39 is 14.0 Å². The van der Waals surface area contributed by atoms with Gasteiger partial charge in [0.25, 0.3) is 0 Å². The number of alkyl halides is 3. The summed E-state index contributed by atoms with van der Waals surface area (Å²) in [4.78, 5) is 0. The van der Waals surface area contributed by atoms with Gasteiger partial charge in [-0.2, -0.15) is 0 Å². The molecular weight excluding hydrogens is 392 g/mol. The zero-order valence-electron chi connectivity index (χ0n) is 8.18. The molecule has 0 radical (unpaired) electrons. The van der Waals surface area contributed by atoms with Gasteiger partial charge in [0.1, 0.15) is 5.60 Å². The van der Waals surface area contributed by atoms with E-state index in [2.05, 4.69) is 53.7 Å². The van der Waals surface area contributed by atoms with Gasteiger partial charge in [-0.1, -0.05) is 60.1 Å². The van der Waals surface area contributed by atoms with Crippen molar-refractivity contribution in [1.29, 1.82) is 0 Å². The maximum Gasteiger partial charge on any atom is 0.192 e. The van der Waals surface area contributed by atoms with E-state index in [9.17, 15) is 5.11 Å². The quantitative estimate of drug-likeness (QED) is 0.433. The minimum Gasteiger partial charge on any atom is -0.365 e. The Kier molecular flexibility index (Phi) is 5.13. The molecule has 1 N–H and O–H groups in total. The van der Waals surface area contributed by atoms with Crippen molar-refractivity contribution in [3.8, 4) is 12.3 Å². The second-order valence-electron chi connectivity index (χ2n) is 3.71. The fraction of sp³-hybridized carbons (Fsp3) is 0.800. The average molecular weight is 405 g/mol. The molecule has 1 aliphatic rings. The van der Waals surface area contributed by atoms with Crippen molar-refractivity contribution in [1.82, 2.24) is 0 Å². The number of aliphatic hydroxyl groups excluding tert-OH is 1. The summed E-state index contributed by atoms with van der Waals surface area (Å²) < 4.78 is 4.73. The van der Waals surface area contributed by atoms with Crippen LogP contribution in [0.5, 0.6) is 0 Å². The number of hydrogen-bond donors (Lipinski definition) is 1. The lowest BCUT2D eigenvalue weighted by Crippen LogP contribution is -2.41. The summed E-state index contributed by atoms with van der Waals surface area (Å²) in [5.74, 6) is 2.68. The number of rotatable bonds is 2. The molecule has 5 heteroatoms. The van der Waals surface area contributed by atoms with Crippen molar-refractivity contribution in [3.05, 3.63) is 0 Å². The monoisotopic (exact) mass is 402 g/mol. The van der Waals surface area contributed by atoms with Crippen molar-refractivity contribution in [3.63, 3.8) is 0 Å². The van der Waals surface area contributed by atoms with Crippen molar-refractivity contribution < 1.29 is 9.84 Å². The number of aliphatic hydroxyl groups is 1. The highest BCUT2D eigenvalue weighted by Gasteiger charge is 2.39. The zero-order chi connectivity index (χ0) is 11.5. The molecule has 1 aliphatic carbocycles. The van der Waals surface area contributed by atoms with Gasteiger partial charge in [0.05, 0.1) is 0 Å². The summed E-state index contributed by atoms with van der Waals surface area (Å²) >= 11 is 9.64. The van der Waals surface area contributed by atoms with E-state index in [0.717, 1.165) is 25.7 Å². The first-order chi connectivity index (χ1) is 6.90. The molecule has 1 saturated carbocycles. The first-order valence-corrected chi connectivity index (χ1v) is 7.18. The molecule has 0 saturated heterocycles. The molecule has 86 valence electrons. The molecule has 2 nitrogen and oxygen atoms in total. The Balaban J connectivity index is 2.64. The third-order valence-electron chi connectivity index (χ3n) is 2.54. The maximum atomic E-state index is 9.78. The molecular formula is C10H13Br3O2. The molecule has 0 aromatic rings. The lowest BCUT2D eigenvalue weighted by atomic mass is 9.85. The lowest BCUT2D eigenvalue weighted by molar-refractivity contribution is -0.165. The molecule has 0 amide bonds. The van der Waals surface area contributed by atoms with E-state index in [1.54, 1.807) is 0 Å². The topological polar surface area (TPSA) is 29.5 Å². The molecule has 0 spiro atoms. The SMILES string of the molecule is C#CC1(OC(O)C(Br)(Br)Br)CCCCC1. The molecule has 1 rings (SSSR count). The molecule has 1 fully saturated rings. The van der Waals surface area contributed by atoms with Crippen LogP contribution >= 0.6 is 47.8 Å². The third kappa shape index (κ3) is 4.01. The summed E-state index contributed by atoms with van der Waals surface area (Å²) in [5, 5.41) is 9.78. The van der Waals surface area contributed by atoms with Crippen LogP contribution in [0.4, 0.5) is 0 Å². The number of halogens is 3. The lowest BCUT2D eigenvalue weighted by Gasteiger charge is -2.36. The van der Waals surface area contributed by atoms with Crippen LogP contribution in [0.2, 0.25) is 0 Å². The summed E-state index contributed by atoms with van der Waals surface area (Å²) in [6.45, 7) is 0. The van der Waals surface area contributed by atoms with E-state index >= 15 is 0 Å². The minimum atomic E-state index is -1.04. The highest BCUT2D eigenvalue weighted by Crippen LogP contribution is 2.41. The smallest absolute Gasteiger partial charge is 0.192 e. The molecule has 0 aromatic carbocycles. The highest BCUT2D eigenvalue weighted by atomic mass is 80.0. The molecule has 1 unspecified atom stereocenters. The van der Waals surface area contributed by atoms with Gasteiger partial charge in [0.15, 0.2) is 8.43 Å². The predicted molar refractivity (Wildman–Crippen MR) is 71.3 cm³/mol. The fourth-order valence-electron chi connectivity index (χ4n) is 1.70. The van der Waals surface area contributed by atoms with E-state index in [4.69, 9.17) is 11.2 Å². The van der Waals surface area contributed by atoms with Crippen LogP contribution in [0.25, 0.3) is 0 Å². The van der Waals surface area contributed by atoms with Gasteiger partial charge >= 0.3 is 0 Å². The van der Waals surface area contributed by atoms with E-state index in [-0.39, 0.29) is 0 Å². The Bertz CT molecular complexity index is 248. The average Bonchev–Trinajstić information content (AvgIpc) is 2.18. The molecule has 0 heterocycles. The van der Waals surface area contributed by atoms with Crippen LogP contribution in [-0.4, -0.2) is 19.1 Å². The normalized spacial score (nSPS) is 23.1. The van der Waals surface area contributed by atoms with Crippen LogP contribution in [0.1, 0.15) is 32.1 Å². The maximum absolute atomic E-state index is 9.78. The minimum absolute atomic E-state index is 0.613. The summed E-state index contributed by atoms with van der Waals surface area (Å²) in [6, 6.07) is 0. The first kappa shape index (κ1) is 14.0. The highest BCUT2D eigenvalue weighted by molar-refractivity contribution is 9.39. The molecule has 0 aromatic heterocycles. The van der Waals surface area contributed by atoms with Crippen LogP contribution in [0, 0.1) is 12.3 Å². The summed E-state index contributed by atoms with van der Waals surface area (Å²) in [6.07, 6.45) is 9.37. The zero-order valence-corrected chi connectivity index (χ0v) is 12.9. The first-order valence-electron chi connectivity index (χ1n) is 4.80. The Labute approximate surface area is 116 Å². The van der Waals surface area contributed by atoms with Crippen LogP contribution in [-0.2, 0) is 4.74 Å².